The number of thiazole rings is 1. The van der Waals surface area contributed by atoms with Crippen LogP contribution in [0.3, 0.4) is 0 Å². The van der Waals surface area contributed by atoms with Crippen molar-refractivity contribution in [1.82, 2.24) is 4.98 Å². The number of benzene rings is 3. The molecule has 40 heavy (non-hydrogen) atoms. The minimum Gasteiger partial charge on any atom is -0.507 e. The molecule has 8 nitrogen and oxygen atoms in total. The highest BCUT2D eigenvalue weighted by Gasteiger charge is 2.48. The molecule has 2 aliphatic rings. The van der Waals surface area contributed by atoms with Gasteiger partial charge in [-0.1, -0.05) is 49.4 Å². The number of amides is 1. The molecule has 9 heteroatoms. The van der Waals surface area contributed by atoms with E-state index in [1.807, 2.05) is 49.4 Å². The number of anilines is 1. The number of nitrogens with zero attached hydrogens (tertiary/aromatic N) is 2. The van der Waals surface area contributed by atoms with E-state index >= 15 is 0 Å². The van der Waals surface area contributed by atoms with Crippen LogP contribution in [0.25, 0.3) is 16.0 Å². The van der Waals surface area contributed by atoms with Crippen LogP contribution in [0.2, 0.25) is 0 Å². The van der Waals surface area contributed by atoms with Gasteiger partial charge in [-0.25, -0.2) is 4.98 Å². The predicted octanol–water partition coefficient (Wildman–Crippen LogP) is 6.22. The van der Waals surface area contributed by atoms with Crippen LogP contribution in [-0.4, -0.2) is 41.6 Å². The van der Waals surface area contributed by atoms with E-state index < -0.39 is 17.7 Å². The quantitative estimate of drug-likeness (QED) is 0.171. The third kappa shape index (κ3) is 4.46. The highest BCUT2D eigenvalue weighted by Crippen LogP contribution is 2.45. The molecule has 1 saturated heterocycles. The molecule has 0 bridgehead atoms. The van der Waals surface area contributed by atoms with E-state index in [-0.39, 0.29) is 11.3 Å². The summed E-state index contributed by atoms with van der Waals surface area (Å²) in [7, 11) is 0. The van der Waals surface area contributed by atoms with E-state index in [0.717, 1.165) is 10.3 Å². The highest BCUT2D eigenvalue weighted by molar-refractivity contribution is 7.22. The molecule has 0 aliphatic carbocycles. The van der Waals surface area contributed by atoms with Gasteiger partial charge in [-0.3, -0.25) is 14.5 Å². The Kier molecular flexibility index (Phi) is 6.67. The van der Waals surface area contributed by atoms with Gasteiger partial charge in [0.05, 0.1) is 28.4 Å². The van der Waals surface area contributed by atoms with Crippen LogP contribution < -0.4 is 19.1 Å². The minimum atomic E-state index is -0.874. The van der Waals surface area contributed by atoms with Gasteiger partial charge in [0.25, 0.3) is 5.78 Å². The Morgan fingerprint density at radius 1 is 1.05 bits per heavy atom. The number of aliphatic hydroxyl groups is 1. The Hall–Kier alpha value is -4.37. The number of carbonyl (C=O) groups excluding carboxylic acids is 2. The number of hydrogen-bond donors (Lipinski definition) is 1. The van der Waals surface area contributed by atoms with Gasteiger partial charge >= 0.3 is 5.91 Å². The fraction of sp³-hybridized carbons (Fsp3) is 0.258. The van der Waals surface area contributed by atoms with E-state index in [4.69, 9.17) is 19.2 Å². The number of aromatic nitrogens is 1. The van der Waals surface area contributed by atoms with Gasteiger partial charge < -0.3 is 19.3 Å². The molecule has 3 heterocycles. The van der Waals surface area contributed by atoms with Gasteiger partial charge in [-0.05, 0) is 60.4 Å². The number of aliphatic hydroxyl groups excluding tert-OH is 1. The summed E-state index contributed by atoms with van der Waals surface area (Å²) in [6, 6.07) is 17.4. The minimum absolute atomic E-state index is 0.00626. The molecule has 0 unspecified atom stereocenters. The van der Waals surface area contributed by atoms with Crippen molar-refractivity contribution in [3.05, 3.63) is 82.9 Å². The molecule has 0 saturated carbocycles. The first-order chi connectivity index (χ1) is 19.4. The molecule has 1 atom stereocenters. The zero-order chi connectivity index (χ0) is 28.0. The number of carbonyl (C=O) groups is 2. The zero-order valence-corrected chi connectivity index (χ0v) is 23.2. The number of ether oxygens (including phenoxy) is 3. The maximum atomic E-state index is 13.6. The summed E-state index contributed by atoms with van der Waals surface area (Å²) >= 11 is 1.30. The summed E-state index contributed by atoms with van der Waals surface area (Å²) in [5.41, 5.74) is 2.85. The zero-order valence-electron chi connectivity index (χ0n) is 22.3. The molecule has 2 aliphatic heterocycles. The second kappa shape index (κ2) is 10.3. The van der Waals surface area contributed by atoms with Gasteiger partial charge in [-0.15, -0.1) is 0 Å². The lowest BCUT2D eigenvalue weighted by molar-refractivity contribution is -0.132. The molecule has 1 amide bonds. The Bertz CT molecular complexity index is 1660. The molecule has 1 fully saturated rings. The number of Topliss-reactive ketones (excluding diaryl/α,β-unsaturated/α-hetero) is 1. The Morgan fingerprint density at radius 2 is 1.80 bits per heavy atom. The van der Waals surface area contributed by atoms with Crippen molar-refractivity contribution in [3.63, 3.8) is 0 Å². The molecule has 6 rings (SSSR count). The van der Waals surface area contributed by atoms with Crippen molar-refractivity contribution in [1.29, 1.82) is 0 Å². The van der Waals surface area contributed by atoms with Crippen LogP contribution in [0.1, 0.15) is 49.4 Å². The smallest absolute Gasteiger partial charge is 0.301 e. The van der Waals surface area contributed by atoms with Crippen molar-refractivity contribution >= 4 is 44.1 Å². The largest absolute Gasteiger partial charge is 0.507 e. The average molecular weight is 557 g/mol. The Balaban J connectivity index is 1.51. The maximum Gasteiger partial charge on any atom is 0.301 e. The van der Waals surface area contributed by atoms with Crippen molar-refractivity contribution in [2.45, 2.75) is 32.7 Å². The first-order valence-corrected chi connectivity index (χ1v) is 14.0. The molecule has 3 aromatic carbocycles. The van der Waals surface area contributed by atoms with E-state index in [0.29, 0.717) is 64.8 Å². The number of rotatable bonds is 6. The van der Waals surface area contributed by atoms with Crippen LogP contribution in [0.5, 0.6) is 17.2 Å². The summed E-state index contributed by atoms with van der Waals surface area (Å²) in [4.78, 5) is 33.3. The van der Waals surface area contributed by atoms with Gasteiger partial charge in [0, 0.05) is 5.56 Å². The van der Waals surface area contributed by atoms with Crippen molar-refractivity contribution in [2.24, 2.45) is 0 Å². The molecular weight excluding hydrogens is 528 g/mol. The second-order valence-corrected chi connectivity index (χ2v) is 10.9. The molecule has 1 aromatic heterocycles. The summed E-state index contributed by atoms with van der Waals surface area (Å²) in [5, 5.41) is 11.9. The number of ketones is 1. The van der Waals surface area contributed by atoms with E-state index in [1.165, 1.54) is 16.2 Å². The number of fused-ring (bicyclic) bond motifs is 2. The first kappa shape index (κ1) is 25.9. The first-order valence-electron chi connectivity index (χ1n) is 13.2. The third-order valence-corrected chi connectivity index (χ3v) is 8.06. The van der Waals surface area contributed by atoms with E-state index in [9.17, 15) is 14.7 Å². The molecule has 0 radical (unpaired) electrons. The molecule has 4 aromatic rings. The number of hydrogen-bond acceptors (Lipinski definition) is 8. The fourth-order valence-electron chi connectivity index (χ4n) is 5.01. The Labute approximate surface area is 235 Å². The van der Waals surface area contributed by atoms with E-state index in [1.54, 1.807) is 18.2 Å². The van der Waals surface area contributed by atoms with Crippen molar-refractivity contribution < 1.29 is 28.9 Å². The van der Waals surface area contributed by atoms with Gasteiger partial charge in [-0.2, -0.15) is 0 Å². The monoisotopic (exact) mass is 556 g/mol. The van der Waals surface area contributed by atoms with Gasteiger partial charge in [0.2, 0.25) is 0 Å². The van der Waals surface area contributed by atoms with E-state index in [2.05, 4.69) is 13.8 Å². The lowest BCUT2D eigenvalue weighted by atomic mass is 9.93. The lowest BCUT2D eigenvalue weighted by Crippen LogP contribution is -2.29. The van der Waals surface area contributed by atoms with Crippen LogP contribution in [0, 0.1) is 0 Å². The normalized spacial score (nSPS) is 18.1. The highest BCUT2D eigenvalue weighted by atomic mass is 32.1. The lowest BCUT2D eigenvalue weighted by Gasteiger charge is -2.23. The van der Waals surface area contributed by atoms with Crippen LogP contribution >= 0.6 is 11.3 Å². The Morgan fingerprint density at radius 3 is 2.52 bits per heavy atom. The van der Waals surface area contributed by atoms with Crippen molar-refractivity contribution in [3.8, 4) is 17.2 Å². The molecule has 0 spiro atoms. The standard InChI is InChI=1S/C31H28N2O6S/c1-4-37-21-10-11-22-25(16-21)40-31(32-22)33-27(19-7-5-18(6-8-19)17(2)3)26(29(35)30(33)36)28(34)20-9-12-23-24(15-20)39-14-13-38-23/h5-12,15-17,27,34H,4,13-14H2,1-3H3/b28-26+/t27-/m1/s1. The van der Waals surface area contributed by atoms with Gasteiger partial charge in [0.15, 0.2) is 16.6 Å². The van der Waals surface area contributed by atoms with Gasteiger partial charge in [0.1, 0.15) is 24.7 Å². The SMILES string of the molecule is CCOc1ccc2nc(N3C(=O)C(=O)/C(=C(/O)c4ccc5c(c4)OCCO5)[C@H]3c3ccc(C(C)C)cc3)sc2c1. The summed E-state index contributed by atoms with van der Waals surface area (Å²) < 4.78 is 17.7. The third-order valence-electron chi connectivity index (χ3n) is 7.04. The van der Waals surface area contributed by atoms with Crippen LogP contribution in [0.4, 0.5) is 5.13 Å². The molecule has 1 N–H and O–H groups in total. The average Bonchev–Trinajstić information content (AvgIpc) is 3.50. The second-order valence-electron chi connectivity index (χ2n) is 9.91. The van der Waals surface area contributed by atoms with Crippen LogP contribution in [-0.2, 0) is 9.59 Å². The maximum absolute atomic E-state index is 13.6. The van der Waals surface area contributed by atoms with Crippen LogP contribution in [0.15, 0.2) is 66.2 Å². The summed E-state index contributed by atoms with van der Waals surface area (Å²) in [5.74, 6) is 0.230. The topological polar surface area (TPSA) is 98.2 Å². The molecule has 204 valence electrons. The summed E-state index contributed by atoms with van der Waals surface area (Å²) in [6.45, 7) is 7.45. The molecular formula is C31H28N2O6S. The fourth-order valence-corrected chi connectivity index (χ4v) is 6.03. The summed E-state index contributed by atoms with van der Waals surface area (Å²) in [6.07, 6.45) is 0. The van der Waals surface area contributed by atoms with Crippen molar-refractivity contribution in [2.75, 3.05) is 24.7 Å². The predicted molar refractivity (Wildman–Crippen MR) is 154 cm³/mol.